The predicted octanol–water partition coefficient (Wildman–Crippen LogP) is 4.58. The van der Waals surface area contributed by atoms with Gasteiger partial charge in [-0.2, -0.15) is 0 Å². The number of benzene rings is 3. The molecule has 1 aromatic heterocycles. The van der Waals surface area contributed by atoms with Crippen molar-refractivity contribution in [1.82, 2.24) is 4.98 Å². The molecular formula is C28H25N3O4S. The Bertz CT molecular complexity index is 1470. The number of anilines is 2. The molecule has 4 aromatic rings. The van der Waals surface area contributed by atoms with Gasteiger partial charge in [0.05, 0.1) is 17.1 Å². The highest BCUT2D eigenvalue weighted by Gasteiger charge is 2.37. The second kappa shape index (κ2) is 9.83. The molecule has 0 aliphatic carbocycles. The highest BCUT2D eigenvalue weighted by molar-refractivity contribution is 7.92. The summed E-state index contributed by atoms with van der Waals surface area (Å²) in [5, 5.41) is 2.86. The summed E-state index contributed by atoms with van der Waals surface area (Å²) in [6.45, 7) is 1.74. The van der Waals surface area contributed by atoms with Crippen molar-refractivity contribution in [1.29, 1.82) is 0 Å². The van der Waals surface area contributed by atoms with Gasteiger partial charge in [0.25, 0.3) is 15.9 Å². The van der Waals surface area contributed by atoms with Crippen LogP contribution in [-0.4, -0.2) is 32.0 Å². The molecule has 0 spiro atoms. The Labute approximate surface area is 210 Å². The number of pyridine rings is 1. The zero-order valence-corrected chi connectivity index (χ0v) is 20.5. The fourth-order valence-corrected chi connectivity index (χ4v) is 5.60. The summed E-state index contributed by atoms with van der Waals surface area (Å²) < 4.78 is 34.2. The Balaban J connectivity index is 1.36. The van der Waals surface area contributed by atoms with Crippen LogP contribution in [0.2, 0.25) is 0 Å². The molecule has 5 rings (SSSR count). The average Bonchev–Trinajstić information content (AvgIpc) is 2.90. The number of fused-ring (bicyclic) bond motifs is 1. The van der Waals surface area contributed by atoms with Crippen LogP contribution in [0.1, 0.15) is 16.7 Å². The largest absolute Gasteiger partial charge is 0.476 e. The number of rotatable bonds is 6. The van der Waals surface area contributed by atoms with E-state index in [4.69, 9.17) is 4.74 Å². The molecule has 1 N–H and O–H groups in total. The molecule has 1 unspecified atom stereocenters. The molecule has 7 nitrogen and oxygen atoms in total. The summed E-state index contributed by atoms with van der Waals surface area (Å²) in [7, 11) is -3.90. The van der Waals surface area contributed by atoms with Crippen LogP contribution in [0, 0.1) is 6.92 Å². The molecule has 1 aliphatic rings. The fraction of sp³-hybridized carbons (Fsp3) is 0.143. The van der Waals surface area contributed by atoms with Gasteiger partial charge in [-0.05, 0) is 78.6 Å². The van der Waals surface area contributed by atoms with E-state index in [-0.39, 0.29) is 11.4 Å². The minimum absolute atomic E-state index is 0.139. The van der Waals surface area contributed by atoms with Crippen LogP contribution in [0.25, 0.3) is 0 Å². The van der Waals surface area contributed by atoms with E-state index in [1.807, 2.05) is 49.4 Å². The number of nitrogens with zero attached hydrogens (tertiary/aromatic N) is 2. The first-order valence-electron chi connectivity index (χ1n) is 11.5. The standard InChI is InChI=1S/C28H25N3O4S/c1-20-7-12-26-25(17-20)31(36(33,34)24-5-3-2-4-6-24)19-27(35-26)28(32)30-23-10-8-21(9-11-23)18-22-13-15-29-16-14-22/h2-17,27H,18-19H2,1H3,(H,30,32). The minimum atomic E-state index is -3.90. The van der Waals surface area contributed by atoms with E-state index < -0.39 is 22.0 Å². The molecule has 1 atom stereocenters. The first-order chi connectivity index (χ1) is 17.4. The molecule has 0 radical (unpaired) electrons. The summed E-state index contributed by atoms with van der Waals surface area (Å²) >= 11 is 0. The smallest absolute Gasteiger partial charge is 0.267 e. The van der Waals surface area contributed by atoms with E-state index in [1.165, 1.54) is 4.31 Å². The van der Waals surface area contributed by atoms with Crippen LogP contribution in [-0.2, 0) is 21.2 Å². The maximum atomic E-state index is 13.5. The molecule has 2 heterocycles. The van der Waals surface area contributed by atoms with E-state index in [0.29, 0.717) is 17.1 Å². The monoisotopic (exact) mass is 499 g/mol. The predicted molar refractivity (Wildman–Crippen MR) is 139 cm³/mol. The van der Waals surface area contributed by atoms with Crippen molar-refractivity contribution >= 4 is 27.3 Å². The van der Waals surface area contributed by atoms with Gasteiger partial charge in [0, 0.05) is 18.1 Å². The molecule has 3 aromatic carbocycles. The first-order valence-corrected chi connectivity index (χ1v) is 13.0. The molecular weight excluding hydrogens is 474 g/mol. The molecule has 0 saturated heterocycles. The molecule has 0 bridgehead atoms. The first kappa shape index (κ1) is 23.6. The minimum Gasteiger partial charge on any atom is -0.476 e. The van der Waals surface area contributed by atoms with Gasteiger partial charge in [0.2, 0.25) is 0 Å². The number of aryl methyl sites for hydroxylation is 1. The highest BCUT2D eigenvalue weighted by atomic mass is 32.2. The summed E-state index contributed by atoms with van der Waals surface area (Å²) in [4.78, 5) is 17.4. The van der Waals surface area contributed by atoms with Gasteiger partial charge in [-0.25, -0.2) is 8.42 Å². The number of hydrogen-bond acceptors (Lipinski definition) is 5. The summed E-state index contributed by atoms with van der Waals surface area (Å²) in [5.74, 6) is -0.0735. The van der Waals surface area contributed by atoms with E-state index >= 15 is 0 Å². The highest BCUT2D eigenvalue weighted by Crippen LogP contribution is 2.38. The van der Waals surface area contributed by atoms with Gasteiger partial charge in [-0.3, -0.25) is 14.1 Å². The molecule has 36 heavy (non-hydrogen) atoms. The molecule has 1 amide bonds. The summed E-state index contributed by atoms with van der Waals surface area (Å²) in [6, 6.07) is 24.9. The van der Waals surface area contributed by atoms with Crippen molar-refractivity contribution < 1.29 is 17.9 Å². The van der Waals surface area contributed by atoms with Crippen molar-refractivity contribution in [2.75, 3.05) is 16.2 Å². The number of ether oxygens (including phenoxy) is 1. The van der Waals surface area contributed by atoms with E-state index in [9.17, 15) is 13.2 Å². The van der Waals surface area contributed by atoms with E-state index in [0.717, 1.165) is 23.1 Å². The average molecular weight is 500 g/mol. The lowest BCUT2D eigenvalue weighted by atomic mass is 10.1. The van der Waals surface area contributed by atoms with Crippen molar-refractivity contribution in [2.45, 2.75) is 24.3 Å². The summed E-state index contributed by atoms with van der Waals surface area (Å²) in [5.41, 5.74) is 4.15. The third-order valence-electron chi connectivity index (χ3n) is 5.99. The lowest BCUT2D eigenvalue weighted by Crippen LogP contribution is -2.48. The second-order valence-corrected chi connectivity index (χ2v) is 10.5. The van der Waals surface area contributed by atoms with Crippen LogP contribution in [0.4, 0.5) is 11.4 Å². The molecule has 1 aliphatic heterocycles. The van der Waals surface area contributed by atoms with Crippen molar-refractivity contribution in [3.63, 3.8) is 0 Å². The number of hydrogen-bond donors (Lipinski definition) is 1. The van der Waals surface area contributed by atoms with Crippen LogP contribution in [0.3, 0.4) is 0 Å². The molecule has 182 valence electrons. The number of carbonyl (C=O) groups excluding carboxylic acids is 1. The van der Waals surface area contributed by atoms with Gasteiger partial charge in [-0.1, -0.05) is 36.4 Å². The topological polar surface area (TPSA) is 88.6 Å². The van der Waals surface area contributed by atoms with Crippen LogP contribution < -0.4 is 14.4 Å². The Kier molecular flexibility index (Phi) is 6.43. The zero-order valence-electron chi connectivity index (χ0n) is 19.7. The number of carbonyl (C=O) groups is 1. The van der Waals surface area contributed by atoms with Crippen LogP contribution in [0.15, 0.2) is 102 Å². The van der Waals surface area contributed by atoms with Crippen molar-refractivity contribution in [2.24, 2.45) is 0 Å². The quantitative estimate of drug-likeness (QED) is 0.420. The Hall–Kier alpha value is -4.17. The van der Waals surface area contributed by atoms with Gasteiger partial charge < -0.3 is 10.1 Å². The number of sulfonamides is 1. The van der Waals surface area contributed by atoms with E-state index in [1.54, 1.807) is 54.9 Å². The third-order valence-corrected chi connectivity index (χ3v) is 7.78. The van der Waals surface area contributed by atoms with Gasteiger partial charge in [0.15, 0.2) is 6.10 Å². The zero-order chi connectivity index (χ0) is 25.1. The lowest BCUT2D eigenvalue weighted by Gasteiger charge is -2.35. The summed E-state index contributed by atoms with van der Waals surface area (Å²) in [6.07, 6.45) is 3.25. The normalized spacial score (nSPS) is 15.0. The van der Waals surface area contributed by atoms with E-state index in [2.05, 4.69) is 10.3 Å². The Morgan fingerprint density at radius 2 is 1.67 bits per heavy atom. The fourth-order valence-electron chi connectivity index (χ4n) is 4.11. The SMILES string of the molecule is Cc1ccc2c(c1)N(S(=O)(=O)c1ccccc1)CC(C(=O)Nc1ccc(Cc3ccncc3)cc1)O2. The van der Waals surface area contributed by atoms with Crippen LogP contribution in [0.5, 0.6) is 5.75 Å². The number of nitrogens with one attached hydrogen (secondary N) is 1. The maximum absolute atomic E-state index is 13.5. The second-order valence-electron chi connectivity index (χ2n) is 8.65. The van der Waals surface area contributed by atoms with Crippen molar-refractivity contribution in [3.8, 4) is 5.75 Å². The molecule has 8 heteroatoms. The number of aromatic nitrogens is 1. The van der Waals surface area contributed by atoms with Crippen molar-refractivity contribution in [3.05, 3.63) is 114 Å². The Morgan fingerprint density at radius 1 is 0.972 bits per heavy atom. The van der Waals surface area contributed by atoms with Crippen LogP contribution >= 0.6 is 0 Å². The third kappa shape index (κ3) is 4.94. The van der Waals surface area contributed by atoms with Gasteiger partial charge in [0.1, 0.15) is 5.75 Å². The maximum Gasteiger partial charge on any atom is 0.267 e. The van der Waals surface area contributed by atoms with Gasteiger partial charge in [-0.15, -0.1) is 0 Å². The van der Waals surface area contributed by atoms with Gasteiger partial charge >= 0.3 is 0 Å². The lowest BCUT2D eigenvalue weighted by molar-refractivity contribution is -0.122. The molecule has 0 saturated carbocycles. The Morgan fingerprint density at radius 3 is 2.39 bits per heavy atom. The molecule has 0 fully saturated rings. The number of amides is 1.